The molecule has 2 nitrogen and oxygen atoms in total. The van der Waals surface area contributed by atoms with Gasteiger partial charge < -0.3 is 9.47 Å². The first-order valence-corrected chi connectivity index (χ1v) is 5.86. The number of methoxy groups -OCH3 is 1. The van der Waals surface area contributed by atoms with E-state index in [-0.39, 0.29) is 5.38 Å². The standard InChI is InChI=1S/C11H23ClO2/c1-4-11(12)10(2)6-9-14-8-5-7-13-3/h10-11H,4-9H2,1-3H3. The molecule has 0 fully saturated rings. The van der Waals surface area contributed by atoms with Crippen LogP contribution in [0.1, 0.15) is 33.1 Å². The summed E-state index contributed by atoms with van der Waals surface area (Å²) < 4.78 is 10.4. The summed E-state index contributed by atoms with van der Waals surface area (Å²) in [5.74, 6) is 0.545. The van der Waals surface area contributed by atoms with Gasteiger partial charge in [0.15, 0.2) is 0 Å². The summed E-state index contributed by atoms with van der Waals surface area (Å²) in [5.41, 5.74) is 0. The van der Waals surface area contributed by atoms with Gasteiger partial charge in [0.2, 0.25) is 0 Å². The molecule has 14 heavy (non-hydrogen) atoms. The number of alkyl halides is 1. The van der Waals surface area contributed by atoms with Gasteiger partial charge in [0.05, 0.1) is 0 Å². The van der Waals surface area contributed by atoms with Gasteiger partial charge in [-0.15, -0.1) is 11.6 Å². The Morgan fingerprint density at radius 2 is 1.93 bits per heavy atom. The predicted molar refractivity (Wildman–Crippen MR) is 61.0 cm³/mol. The molecule has 3 heteroatoms. The first-order valence-electron chi connectivity index (χ1n) is 5.43. The number of hydrogen-bond acceptors (Lipinski definition) is 2. The number of ether oxygens (including phenoxy) is 2. The van der Waals surface area contributed by atoms with Crippen molar-refractivity contribution in [2.24, 2.45) is 5.92 Å². The van der Waals surface area contributed by atoms with E-state index in [2.05, 4.69) is 13.8 Å². The van der Waals surface area contributed by atoms with Crippen LogP contribution in [0.3, 0.4) is 0 Å². The van der Waals surface area contributed by atoms with Gasteiger partial charge in [-0.2, -0.15) is 0 Å². The van der Waals surface area contributed by atoms with Crippen LogP contribution in [-0.2, 0) is 9.47 Å². The van der Waals surface area contributed by atoms with Crippen molar-refractivity contribution in [2.45, 2.75) is 38.5 Å². The normalized spacial score (nSPS) is 15.4. The first kappa shape index (κ1) is 14.2. The van der Waals surface area contributed by atoms with Gasteiger partial charge in [-0.05, 0) is 25.2 Å². The first-order chi connectivity index (χ1) is 6.72. The molecule has 0 bridgehead atoms. The van der Waals surface area contributed by atoms with E-state index >= 15 is 0 Å². The van der Waals surface area contributed by atoms with E-state index in [0.717, 1.165) is 39.1 Å². The van der Waals surface area contributed by atoms with E-state index in [0.29, 0.717) is 5.92 Å². The van der Waals surface area contributed by atoms with Crippen LogP contribution in [0.4, 0.5) is 0 Å². The zero-order valence-electron chi connectivity index (χ0n) is 9.59. The molecule has 0 rings (SSSR count). The molecule has 0 aromatic rings. The second kappa shape index (κ2) is 9.75. The summed E-state index contributed by atoms with van der Waals surface area (Å²) in [7, 11) is 1.71. The van der Waals surface area contributed by atoms with Gasteiger partial charge in [0.25, 0.3) is 0 Å². The molecule has 0 saturated heterocycles. The van der Waals surface area contributed by atoms with Crippen molar-refractivity contribution in [2.75, 3.05) is 26.9 Å². The van der Waals surface area contributed by atoms with Gasteiger partial charge in [-0.1, -0.05) is 13.8 Å². The van der Waals surface area contributed by atoms with Crippen molar-refractivity contribution in [3.05, 3.63) is 0 Å². The van der Waals surface area contributed by atoms with Crippen LogP contribution in [-0.4, -0.2) is 32.3 Å². The third kappa shape index (κ3) is 7.60. The van der Waals surface area contributed by atoms with Crippen molar-refractivity contribution >= 4 is 11.6 Å². The Kier molecular flexibility index (Phi) is 9.90. The Morgan fingerprint density at radius 1 is 1.21 bits per heavy atom. The summed E-state index contributed by atoms with van der Waals surface area (Å²) in [4.78, 5) is 0. The molecule has 0 amide bonds. The lowest BCUT2D eigenvalue weighted by atomic mass is 10.0. The summed E-state index contributed by atoms with van der Waals surface area (Å²) in [6.07, 6.45) is 3.06. The molecule has 0 heterocycles. The molecule has 86 valence electrons. The average Bonchev–Trinajstić information content (AvgIpc) is 2.21. The fraction of sp³-hybridized carbons (Fsp3) is 1.00. The molecule has 2 atom stereocenters. The van der Waals surface area contributed by atoms with Crippen LogP contribution in [0, 0.1) is 5.92 Å². The van der Waals surface area contributed by atoms with Gasteiger partial charge in [0.1, 0.15) is 0 Å². The Hall–Kier alpha value is 0.210. The minimum atomic E-state index is 0.289. The van der Waals surface area contributed by atoms with Crippen LogP contribution >= 0.6 is 11.6 Å². The highest BCUT2D eigenvalue weighted by Gasteiger charge is 2.11. The lowest BCUT2D eigenvalue weighted by molar-refractivity contribution is 0.0945. The lowest BCUT2D eigenvalue weighted by Gasteiger charge is -2.15. The topological polar surface area (TPSA) is 18.5 Å². The van der Waals surface area contributed by atoms with Crippen molar-refractivity contribution in [3.8, 4) is 0 Å². The van der Waals surface area contributed by atoms with Gasteiger partial charge in [-0.25, -0.2) is 0 Å². The smallest absolute Gasteiger partial charge is 0.0487 e. The highest BCUT2D eigenvalue weighted by atomic mass is 35.5. The monoisotopic (exact) mass is 222 g/mol. The Balaban J connectivity index is 3.18. The number of hydrogen-bond donors (Lipinski definition) is 0. The molecule has 0 aliphatic rings. The fourth-order valence-electron chi connectivity index (χ4n) is 1.26. The average molecular weight is 223 g/mol. The molecule has 2 unspecified atom stereocenters. The van der Waals surface area contributed by atoms with Crippen LogP contribution in [0.25, 0.3) is 0 Å². The Morgan fingerprint density at radius 3 is 2.50 bits per heavy atom. The number of halogens is 1. The van der Waals surface area contributed by atoms with Gasteiger partial charge in [0, 0.05) is 32.3 Å². The van der Waals surface area contributed by atoms with E-state index in [1.54, 1.807) is 7.11 Å². The largest absolute Gasteiger partial charge is 0.385 e. The van der Waals surface area contributed by atoms with Crippen LogP contribution in [0.15, 0.2) is 0 Å². The molecular weight excluding hydrogens is 200 g/mol. The van der Waals surface area contributed by atoms with Crippen LogP contribution < -0.4 is 0 Å². The molecule has 0 aliphatic heterocycles. The highest BCUT2D eigenvalue weighted by molar-refractivity contribution is 6.20. The SMILES string of the molecule is CCC(Cl)C(C)CCOCCCOC. The van der Waals surface area contributed by atoms with E-state index in [9.17, 15) is 0 Å². The van der Waals surface area contributed by atoms with Crippen LogP contribution in [0.5, 0.6) is 0 Å². The molecule has 0 saturated carbocycles. The van der Waals surface area contributed by atoms with Gasteiger partial charge in [-0.3, -0.25) is 0 Å². The maximum absolute atomic E-state index is 6.10. The maximum atomic E-state index is 6.10. The van der Waals surface area contributed by atoms with Crippen molar-refractivity contribution in [1.29, 1.82) is 0 Å². The van der Waals surface area contributed by atoms with E-state index in [1.807, 2.05) is 0 Å². The Bertz CT molecular complexity index is 120. The highest BCUT2D eigenvalue weighted by Crippen LogP contribution is 2.17. The lowest BCUT2D eigenvalue weighted by Crippen LogP contribution is -2.13. The predicted octanol–water partition coefficient (Wildman–Crippen LogP) is 3.08. The van der Waals surface area contributed by atoms with Crippen molar-refractivity contribution in [3.63, 3.8) is 0 Å². The third-order valence-electron chi connectivity index (χ3n) is 2.36. The zero-order chi connectivity index (χ0) is 10.8. The fourth-order valence-corrected chi connectivity index (χ4v) is 1.39. The summed E-state index contributed by atoms with van der Waals surface area (Å²) >= 11 is 6.10. The summed E-state index contributed by atoms with van der Waals surface area (Å²) in [6, 6.07) is 0. The molecule has 0 aromatic heterocycles. The van der Waals surface area contributed by atoms with E-state index < -0.39 is 0 Å². The second-order valence-electron chi connectivity index (χ2n) is 3.65. The maximum Gasteiger partial charge on any atom is 0.0487 e. The van der Waals surface area contributed by atoms with Gasteiger partial charge >= 0.3 is 0 Å². The second-order valence-corrected chi connectivity index (χ2v) is 4.21. The van der Waals surface area contributed by atoms with E-state index in [1.165, 1.54) is 0 Å². The third-order valence-corrected chi connectivity index (χ3v) is 3.10. The minimum absolute atomic E-state index is 0.289. The summed E-state index contributed by atoms with van der Waals surface area (Å²) in [6.45, 7) is 6.68. The molecule has 0 aliphatic carbocycles. The van der Waals surface area contributed by atoms with Crippen LogP contribution in [0.2, 0.25) is 0 Å². The van der Waals surface area contributed by atoms with Crippen molar-refractivity contribution in [1.82, 2.24) is 0 Å². The quantitative estimate of drug-likeness (QED) is 0.441. The molecular formula is C11H23ClO2. The molecule has 0 aromatic carbocycles. The summed E-state index contributed by atoms with van der Waals surface area (Å²) in [5, 5.41) is 0.289. The minimum Gasteiger partial charge on any atom is -0.385 e. The van der Waals surface area contributed by atoms with Crippen molar-refractivity contribution < 1.29 is 9.47 Å². The van der Waals surface area contributed by atoms with E-state index in [4.69, 9.17) is 21.1 Å². The Labute approximate surface area is 92.9 Å². The molecule has 0 radical (unpaired) electrons. The number of rotatable bonds is 9. The molecule has 0 N–H and O–H groups in total. The zero-order valence-corrected chi connectivity index (χ0v) is 10.3. The molecule has 0 spiro atoms.